The molecule has 0 aromatic heterocycles. The third-order valence-corrected chi connectivity index (χ3v) is 2.47. The second kappa shape index (κ2) is 8.34. The average molecular weight is 268 g/mol. The number of rotatable bonds is 7. The molecule has 19 heavy (non-hydrogen) atoms. The van der Waals surface area contributed by atoms with Gasteiger partial charge in [0.25, 0.3) is 0 Å². The molecule has 0 spiro atoms. The molecule has 6 heteroatoms. The van der Waals surface area contributed by atoms with Crippen LogP contribution in [0.2, 0.25) is 0 Å². The molecule has 0 heterocycles. The van der Waals surface area contributed by atoms with Gasteiger partial charge in [0.05, 0.1) is 6.61 Å². The van der Waals surface area contributed by atoms with Crippen molar-refractivity contribution in [3.05, 3.63) is 29.8 Å². The first-order valence-corrected chi connectivity index (χ1v) is 6.10. The van der Waals surface area contributed by atoms with Gasteiger partial charge in [0.2, 0.25) is 0 Å². The highest BCUT2D eigenvalue weighted by Gasteiger charge is 2.03. The topological polar surface area (TPSA) is 93.8 Å². The summed E-state index contributed by atoms with van der Waals surface area (Å²) in [5, 5.41) is 11.6. The van der Waals surface area contributed by atoms with Gasteiger partial charge in [-0.15, -0.1) is 0 Å². The molecule has 0 fully saturated rings. The molecule has 1 atom stereocenters. The van der Waals surface area contributed by atoms with Crippen molar-refractivity contribution in [3.63, 3.8) is 0 Å². The fourth-order valence-corrected chi connectivity index (χ4v) is 1.35. The van der Waals surface area contributed by atoms with Crippen molar-refractivity contribution in [1.29, 1.82) is 0 Å². The first-order chi connectivity index (χ1) is 9.15. The lowest BCUT2D eigenvalue weighted by molar-refractivity contribution is 0.114. The summed E-state index contributed by atoms with van der Waals surface area (Å²) in [6, 6.07) is 7.38. The molecule has 0 aliphatic carbocycles. The third kappa shape index (κ3) is 6.08. The van der Waals surface area contributed by atoms with Gasteiger partial charge in [-0.3, -0.25) is 0 Å². The minimum absolute atomic E-state index is 0.176. The first-order valence-electron chi connectivity index (χ1n) is 6.10. The lowest BCUT2D eigenvalue weighted by atomic mass is 10.1. The predicted octanol–water partition coefficient (Wildman–Crippen LogP) is 0.283. The second-order valence-corrected chi connectivity index (χ2v) is 3.98. The Kier molecular flexibility index (Phi) is 6.70. The van der Waals surface area contributed by atoms with Crippen LogP contribution in [0.25, 0.3) is 0 Å². The van der Waals surface area contributed by atoms with Crippen LogP contribution in [0.1, 0.15) is 5.56 Å². The van der Waals surface area contributed by atoms with Crippen LogP contribution < -0.4 is 15.8 Å². The van der Waals surface area contributed by atoms with Crippen LogP contribution in [0.5, 0.6) is 5.75 Å². The van der Waals surface area contributed by atoms with Crippen molar-refractivity contribution in [1.82, 2.24) is 5.32 Å². The zero-order valence-corrected chi connectivity index (χ0v) is 11.0. The average Bonchev–Trinajstić information content (AvgIpc) is 2.45. The molecule has 0 aliphatic rings. The van der Waals surface area contributed by atoms with Crippen LogP contribution >= 0.6 is 0 Å². The van der Waals surface area contributed by atoms with Gasteiger partial charge in [-0.2, -0.15) is 0 Å². The number of benzene rings is 1. The van der Waals surface area contributed by atoms with Gasteiger partial charge >= 0.3 is 6.09 Å². The number of hydrogen-bond acceptors (Lipinski definition) is 5. The molecule has 4 N–H and O–H groups in total. The van der Waals surface area contributed by atoms with Crippen LogP contribution in [-0.4, -0.2) is 44.1 Å². The Bertz CT molecular complexity index is 381. The van der Waals surface area contributed by atoms with E-state index in [0.717, 1.165) is 5.56 Å². The first kappa shape index (κ1) is 15.3. The fourth-order valence-electron chi connectivity index (χ4n) is 1.35. The Hall–Kier alpha value is -1.79. The van der Waals surface area contributed by atoms with Crippen LogP contribution in [0.15, 0.2) is 24.3 Å². The van der Waals surface area contributed by atoms with E-state index in [4.69, 9.17) is 15.2 Å². The molecule has 1 aromatic rings. The maximum atomic E-state index is 10.8. The van der Waals surface area contributed by atoms with E-state index in [0.29, 0.717) is 18.8 Å². The smallest absolute Gasteiger partial charge is 0.406 e. The number of amides is 1. The highest BCUT2D eigenvalue weighted by molar-refractivity contribution is 5.66. The number of nitrogens with one attached hydrogen (secondary N) is 1. The predicted molar refractivity (Wildman–Crippen MR) is 71.1 cm³/mol. The van der Waals surface area contributed by atoms with E-state index in [1.807, 2.05) is 12.1 Å². The summed E-state index contributed by atoms with van der Waals surface area (Å²) < 4.78 is 10.2. The van der Waals surface area contributed by atoms with Crippen molar-refractivity contribution in [2.75, 3.05) is 26.8 Å². The summed E-state index contributed by atoms with van der Waals surface area (Å²) in [7, 11) is 1.52. The zero-order chi connectivity index (χ0) is 14.1. The van der Waals surface area contributed by atoms with Gasteiger partial charge in [0.1, 0.15) is 18.5 Å². The van der Waals surface area contributed by atoms with Gasteiger partial charge in [-0.05, 0) is 17.7 Å². The van der Waals surface area contributed by atoms with Crippen molar-refractivity contribution >= 4 is 6.09 Å². The van der Waals surface area contributed by atoms with Crippen LogP contribution in [0.4, 0.5) is 4.79 Å². The lowest BCUT2D eigenvalue weighted by Crippen LogP contribution is -2.26. The Balaban J connectivity index is 2.33. The molecule has 0 aliphatic heterocycles. The molecule has 1 rings (SSSR count). The highest BCUT2D eigenvalue weighted by Crippen LogP contribution is 2.12. The van der Waals surface area contributed by atoms with Gasteiger partial charge < -0.3 is 25.6 Å². The summed E-state index contributed by atoms with van der Waals surface area (Å²) in [5.41, 5.74) is 6.31. The second-order valence-electron chi connectivity index (χ2n) is 3.98. The molecule has 106 valence electrons. The van der Waals surface area contributed by atoms with Gasteiger partial charge in [-0.1, -0.05) is 12.1 Å². The Labute approximate surface area is 112 Å². The van der Waals surface area contributed by atoms with E-state index in [9.17, 15) is 9.90 Å². The SMILES string of the molecule is CNC(=O)OCCc1ccc(OCC(O)CN)cc1. The van der Waals surface area contributed by atoms with E-state index in [1.165, 1.54) is 7.05 Å². The number of aliphatic hydroxyl groups excluding tert-OH is 1. The Morgan fingerprint density at radius 3 is 2.68 bits per heavy atom. The van der Waals surface area contributed by atoms with E-state index in [-0.39, 0.29) is 13.2 Å². The lowest BCUT2D eigenvalue weighted by Gasteiger charge is -2.10. The molecule has 0 bridgehead atoms. The molecule has 1 amide bonds. The fraction of sp³-hybridized carbons (Fsp3) is 0.462. The number of ether oxygens (including phenoxy) is 2. The minimum atomic E-state index is -0.652. The minimum Gasteiger partial charge on any atom is -0.491 e. The number of hydrogen-bond donors (Lipinski definition) is 3. The summed E-state index contributed by atoms with van der Waals surface area (Å²) in [6.45, 7) is 0.677. The van der Waals surface area contributed by atoms with E-state index in [2.05, 4.69) is 5.32 Å². The van der Waals surface area contributed by atoms with Crippen LogP contribution in [0, 0.1) is 0 Å². The van der Waals surface area contributed by atoms with Gasteiger partial charge in [0.15, 0.2) is 0 Å². The molecular formula is C13H20N2O4. The van der Waals surface area contributed by atoms with Crippen molar-refractivity contribution in [2.45, 2.75) is 12.5 Å². The summed E-state index contributed by atoms with van der Waals surface area (Å²) in [4.78, 5) is 10.8. The number of nitrogens with two attached hydrogens (primary N) is 1. The highest BCUT2D eigenvalue weighted by atomic mass is 16.5. The number of carbonyl (C=O) groups excluding carboxylic acids is 1. The third-order valence-electron chi connectivity index (χ3n) is 2.47. The molecule has 0 saturated heterocycles. The standard InChI is InChI=1S/C13H20N2O4/c1-15-13(17)18-7-6-10-2-4-12(5-3-10)19-9-11(16)8-14/h2-5,11,16H,6-9,14H2,1H3,(H,15,17). The summed E-state index contributed by atoms with van der Waals surface area (Å²) in [6.07, 6.45) is -0.449. The summed E-state index contributed by atoms with van der Waals surface area (Å²) in [5.74, 6) is 0.670. The Morgan fingerprint density at radius 1 is 1.42 bits per heavy atom. The summed E-state index contributed by atoms with van der Waals surface area (Å²) >= 11 is 0. The van der Waals surface area contributed by atoms with Gasteiger partial charge in [-0.25, -0.2) is 4.79 Å². The Morgan fingerprint density at radius 2 is 2.11 bits per heavy atom. The normalized spacial score (nSPS) is 11.7. The van der Waals surface area contributed by atoms with Crippen LogP contribution in [0.3, 0.4) is 0 Å². The maximum absolute atomic E-state index is 10.8. The monoisotopic (exact) mass is 268 g/mol. The van der Waals surface area contributed by atoms with Crippen molar-refractivity contribution in [2.24, 2.45) is 5.73 Å². The molecule has 0 radical (unpaired) electrons. The van der Waals surface area contributed by atoms with Crippen molar-refractivity contribution in [3.8, 4) is 5.75 Å². The van der Waals surface area contributed by atoms with E-state index in [1.54, 1.807) is 12.1 Å². The molecule has 1 aromatic carbocycles. The van der Waals surface area contributed by atoms with E-state index >= 15 is 0 Å². The van der Waals surface area contributed by atoms with E-state index < -0.39 is 12.2 Å². The maximum Gasteiger partial charge on any atom is 0.406 e. The molecule has 1 unspecified atom stereocenters. The number of carbonyl (C=O) groups is 1. The van der Waals surface area contributed by atoms with Crippen LogP contribution in [-0.2, 0) is 11.2 Å². The number of alkyl carbamates (subject to hydrolysis) is 1. The molecule has 6 nitrogen and oxygen atoms in total. The van der Waals surface area contributed by atoms with Crippen molar-refractivity contribution < 1.29 is 19.4 Å². The van der Waals surface area contributed by atoms with Gasteiger partial charge in [0, 0.05) is 20.0 Å². The number of aliphatic hydroxyl groups is 1. The largest absolute Gasteiger partial charge is 0.491 e. The molecular weight excluding hydrogens is 248 g/mol. The molecule has 0 saturated carbocycles. The zero-order valence-electron chi connectivity index (χ0n) is 11.0. The quantitative estimate of drug-likeness (QED) is 0.660.